The largest absolute Gasteiger partial charge is 0.480 e. The Morgan fingerprint density at radius 3 is 2.00 bits per heavy atom. The number of nitrogens with one attached hydrogen (secondary N) is 6. The third kappa shape index (κ3) is 7.55. The van der Waals surface area contributed by atoms with Gasteiger partial charge in [0.1, 0.15) is 18.1 Å². The lowest BCUT2D eigenvalue weighted by Crippen LogP contribution is -2.58. The van der Waals surface area contributed by atoms with Crippen molar-refractivity contribution in [1.29, 1.82) is 0 Å². The summed E-state index contributed by atoms with van der Waals surface area (Å²) in [6.07, 6.45) is 7.72. The number of imidazole rings is 2. The second-order valence-corrected chi connectivity index (χ2v) is 9.44. The van der Waals surface area contributed by atoms with Gasteiger partial charge in [-0.2, -0.15) is 0 Å². The number of H-pyrrole nitrogens is 3. The van der Waals surface area contributed by atoms with E-state index in [1.54, 1.807) is 12.4 Å². The van der Waals surface area contributed by atoms with Gasteiger partial charge in [-0.15, -0.1) is 0 Å². The second kappa shape index (κ2) is 13.4. The van der Waals surface area contributed by atoms with Crippen LogP contribution in [-0.2, 0) is 38.4 Å². The molecule has 3 aromatic heterocycles. The number of aliphatic hydroxyl groups excluding tert-OH is 1. The summed E-state index contributed by atoms with van der Waals surface area (Å²) in [4.78, 5) is 67.8. The Balaban J connectivity index is 1.56. The van der Waals surface area contributed by atoms with E-state index in [1.165, 1.54) is 18.9 Å². The van der Waals surface area contributed by atoms with Crippen molar-refractivity contribution < 1.29 is 29.4 Å². The summed E-state index contributed by atoms with van der Waals surface area (Å²) >= 11 is 0. The van der Waals surface area contributed by atoms with Gasteiger partial charge in [-0.3, -0.25) is 14.4 Å². The van der Waals surface area contributed by atoms with Crippen LogP contribution in [0.4, 0.5) is 0 Å². The number of carboxylic acids is 1. The molecule has 4 atom stereocenters. The van der Waals surface area contributed by atoms with Gasteiger partial charge < -0.3 is 46.8 Å². The molecule has 0 saturated carbocycles. The first-order valence-electron chi connectivity index (χ1n) is 12.7. The number of amides is 3. The highest BCUT2D eigenvalue weighted by atomic mass is 16.4. The van der Waals surface area contributed by atoms with Gasteiger partial charge in [0, 0.05) is 60.1 Å². The standard InChI is InChI=1S/C26H31N9O6/c27-18(6-15-9-28-12-31-15)23(37)33-20(5-14-8-30-19-4-2-1-3-17(14)19)24(38)34-21(7-16-10-29-13-32-16)25(39)35-22(11-36)26(40)41/h1-4,8-10,12-13,18,20-22,30,36H,5-7,11,27H2,(H,28,31)(H,29,32)(H,33,37)(H,34,38)(H,35,39)(H,40,41). The first-order valence-corrected chi connectivity index (χ1v) is 12.7. The predicted octanol–water partition coefficient (Wildman–Crippen LogP) is -1.50. The number of nitrogens with two attached hydrogens (primary N) is 1. The molecule has 0 aliphatic rings. The molecular weight excluding hydrogens is 534 g/mol. The van der Waals surface area contributed by atoms with E-state index in [-0.39, 0.29) is 19.3 Å². The van der Waals surface area contributed by atoms with E-state index in [0.29, 0.717) is 11.4 Å². The minimum atomic E-state index is -1.58. The highest BCUT2D eigenvalue weighted by Gasteiger charge is 2.31. The van der Waals surface area contributed by atoms with Gasteiger partial charge in [0.2, 0.25) is 17.7 Å². The molecule has 10 N–H and O–H groups in total. The van der Waals surface area contributed by atoms with E-state index in [2.05, 4.69) is 40.9 Å². The Morgan fingerprint density at radius 2 is 1.39 bits per heavy atom. The second-order valence-electron chi connectivity index (χ2n) is 9.44. The molecule has 3 heterocycles. The van der Waals surface area contributed by atoms with Crippen LogP contribution < -0.4 is 21.7 Å². The fraction of sp³-hybridized carbons (Fsp3) is 0.308. The van der Waals surface area contributed by atoms with Gasteiger partial charge in [0.15, 0.2) is 0 Å². The zero-order chi connectivity index (χ0) is 29.4. The number of rotatable bonds is 14. The monoisotopic (exact) mass is 565 g/mol. The molecule has 0 aliphatic heterocycles. The first-order chi connectivity index (χ1) is 19.7. The number of carbonyl (C=O) groups excluding carboxylic acids is 3. The number of fused-ring (bicyclic) bond motifs is 1. The summed E-state index contributed by atoms with van der Waals surface area (Å²) in [5, 5.41) is 27.0. The lowest BCUT2D eigenvalue weighted by Gasteiger charge is -2.25. The molecule has 0 radical (unpaired) electrons. The summed E-state index contributed by atoms with van der Waals surface area (Å²) in [7, 11) is 0. The van der Waals surface area contributed by atoms with E-state index in [0.717, 1.165) is 16.5 Å². The summed E-state index contributed by atoms with van der Waals surface area (Å²) in [6, 6.07) is 2.45. The number of aliphatic hydroxyl groups is 1. The molecule has 4 rings (SSSR count). The van der Waals surface area contributed by atoms with Crippen molar-refractivity contribution >= 4 is 34.6 Å². The zero-order valence-electron chi connectivity index (χ0n) is 21.8. The third-order valence-electron chi connectivity index (χ3n) is 6.47. The van der Waals surface area contributed by atoms with Gasteiger partial charge in [-0.05, 0) is 11.6 Å². The van der Waals surface area contributed by atoms with Crippen LogP contribution >= 0.6 is 0 Å². The van der Waals surface area contributed by atoms with Crippen LogP contribution in [0.15, 0.2) is 55.5 Å². The molecule has 3 amide bonds. The predicted molar refractivity (Wildman–Crippen MR) is 145 cm³/mol. The maximum absolute atomic E-state index is 13.6. The molecule has 41 heavy (non-hydrogen) atoms. The summed E-state index contributed by atoms with van der Waals surface area (Å²) in [5.41, 5.74) is 8.81. The number of aliphatic carboxylic acids is 1. The molecular formula is C26H31N9O6. The Labute approximate surface area is 233 Å². The van der Waals surface area contributed by atoms with Crippen molar-refractivity contribution in [2.45, 2.75) is 43.4 Å². The number of aromatic amines is 3. The Kier molecular flexibility index (Phi) is 9.44. The molecule has 4 aromatic rings. The molecule has 0 bridgehead atoms. The Bertz CT molecular complexity index is 1470. The van der Waals surface area contributed by atoms with Gasteiger partial charge in [0.25, 0.3) is 0 Å². The number of benzene rings is 1. The van der Waals surface area contributed by atoms with Crippen LogP contribution in [0.5, 0.6) is 0 Å². The van der Waals surface area contributed by atoms with E-state index >= 15 is 0 Å². The summed E-state index contributed by atoms with van der Waals surface area (Å²) < 4.78 is 0. The Morgan fingerprint density at radius 1 is 0.805 bits per heavy atom. The number of nitrogens with zero attached hydrogens (tertiary/aromatic N) is 2. The molecule has 0 aliphatic carbocycles. The van der Waals surface area contributed by atoms with Crippen molar-refractivity contribution in [2.24, 2.45) is 5.73 Å². The van der Waals surface area contributed by atoms with Gasteiger partial charge in [0.05, 0.1) is 25.3 Å². The fourth-order valence-electron chi connectivity index (χ4n) is 4.29. The maximum atomic E-state index is 13.6. The SMILES string of the molecule is NC(Cc1cnc[nH]1)C(=O)NC(Cc1c[nH]c2ccccc12)C(=O)NC(Cc1cnc[nH]1)C(=O)NC(CO)C(=O)O. The van der Waals surface area contributed by atoms with Gasteiger partial charge in [-0.25, -0.2) is 14.8 Å². The Hall–Kier alpha value is -5.02. The number of carbonyl (C=O) groups is 4. The zero-order valence-corrected chi connectivity index (χ0v) is 21.8. The van der Waals surface area contributed by atoms with Crippen molar-refractivity contribution in [3.63, 3.8) is 0 Å². The van der Waals surface area contributed by atoms with Crippen molar-refractivity contribution in [2.75, 3.05) is 6.61 Å². The molecule has 0 spiro atoms. The average Bonchev–Trinajstić information content (AvgIpc) is 3.74. The molecule has 0 saturated heterocycles. The smallest absolute Gasteiger partial charge is 0.328 e. The van der Waals surface area contributed by atoms with Crippen LogP contribution in [0, 0.1) is 0 Å². The minimum absolute atomic E-state index is 0.0607. The van der Waals surface area contributed by atoms with E-state index in [1.807, 2.05) is 24.3 Å². The number of carboxylic acid groups (broad SMARTS) is 1. The molecule has 4 unspecified atom stereocenters. The van der Waals surface area contributed by atoms with Crippen molar-refractivity contribution in [3.8, 4) is 0 Å². The average molecular weight is 566 g/mol. The number of para-hydroxylation sites is 1. The van der Waals surface area contributed by atoms with Gasteiger partial charge in [-0.1, -0.05) is 18.2 Å². The van der Waals surface area contributed by atoms with Crippen LogP contribution in [0.25, 0.3) is 10.9 Å². The number of hydrogen-bond donors (Lipinski definition) is 9. The summed E-state index contributed by atoms with van der Waals surface area (Å²) in [5.74, 6) is -3.58. The first kappa shape index (κ1) is 29.0. The van der Waals surface area contributed by atoms with Crippen molar-refractivity contribution in [3.05, 3.63) is 72.5 Å². The van der Waals surface area contributed by atoms with Crippen LogP contribution in [0.1, 0.15) is 17.0 Å². The highest BCUT2D eigenvalue weighted by molar-refractivity contribution is 5.95. The van der Waals surface area contributed by atoms with Crippen LogP contribution in [0.3, 0.4) is 0 Å². The van der Waals surface area contributed by atoms with E-state index < -0.39 is 54.5 Å². The van der Waals surface area contributed by atoms with Gasteiger partial charge >= 0.3 is 5.97 Å². The normalized spacial score (nSPS) is 14.1. The minimum Gasteiger partial charge on any atom is -0.480 e. The summed E-state index contributed by atoms with van der Waals surface area (Å²) in [6.45, 7) is -0.848. The topological polar surface area (TPSA) is 244 Å². The number of hydrogen-bond acceptors (Lipinski definition) is 8. The lowest BCUT2D eigenvalue weighted by molar-refractivity contribution is -0.143. The molecule has 0 fully saturated rings. The highest BCUT2D eigenvalue weighted by Crippen LogP contribution is 2.19. The van der Waals surface area contributed by atoms with E-state index in [9.17, 15) is 29.4 Å². The van der Waals surface area contributed by atoms with Crippen molar-refractivity contribution in [1.82, 2.24) is 40.9 Å². The lowest BCUT2D eigenvalue weighted by atomic mass is 10.0. The molecule has 1 aromatic carbocycles. The fourth-order valence-corrected chi connectivity index (χ4v) is 4.29. The van der Waals surface area contributed by atoms with E-state index in [4.69, 9.17) is 5.73 Å². The van der Waals surface area contributed by atoms with Crippen LogP contribution in [0.2, 0.25) is 0 Å². The molecule has 216 valence electrons. The number of aromatic nitrogens is 5. The van der Waals surface area contributed by atoms with Crippen LogP contribution in [-0.4, -0.2) is 89.6 Å². The maximum Gasteiger partial charge on any atom is 0.328 e. The molecule has 15 heteroatoms. The molecule has 15 nitrogen and oxygen atoms in total. The quantitative estimate of drug-likeness (QED) is 0.0862. The third-order valence-corrected chi connectivity index (χ3v) is 6.47.